The van der Waals surface area contributed by atoms with Crippen LogP contribution in [0, 0.1) is 6.92 Å². The topological polar surface area (TPSA) is 102 Å². The van der Waals surface area contributed by atoms with E-state index in [0.29, 0.717) is 24.3 Å². The standard InChI is InChI=1S/C20H21NO6S/c1-12-5-7-13(8-6-12)28(24,25)21-15-9-10-16-19(15)14-3-2-4-17(20(14)27-16)26-11-18(22)23/h2-8,15-16,19,21H,9-11H2,1H3,(H,22,23). The molecule has 0 aromatic heterocycles. The molecule has 0 radical (unpaired) electrons. The predicted octanol–water partition coefficient (Wildman–Crippen LogP) is 2.44. The molecule has 28 heavy (non-hydrogen) atoms. The van der Waals surface area contributed by atoms with Gasteiger partial charge in [0.15, 0.2) is 18.1 Å². The summed E-state index contributed by atoms with van der Waals surface area (Å²) < 4.78 is 39.8. The zero-order chi connectivity index (χ0) is 19.9. The van der Waals surface area contributed by atoms with E-state index in [2.05, 4.69) is 4.72 Å². The minimum Gasteiger partial charge on any atom is -0.486 e. The van der Waals surface area contributed by atoms with Gasteiger partial charge in [-0.25, -0.2) is 17.9 Å². The number of sulfonamides is 1. The zero-order valence-electron chi connectivity index (χ0n) is 15.3. The van der Waals surface area contributed by atoms with Gasteiger partial charge >= 0.3 is 5.97 Å². The molecule has 2 aliphatic rings. The predicted molar refractivity (Wildman–Crippen MR) is 101 cm³/mol. The second-order valence-electron chi connectivity index (χ2n) is 7.16. The van der Waals surface area contributed by atoms with Crippen LogP contribution < -0.4 is 14.2 Å². The van der Waals surface area contributed by atoms with E-state index < -0.39 is 22.6 Å². The molecule has 8 heteroatoms. The normalized spacial score (nSPS) is 23.0. The molecule has 7 nitrogen and oxygen atoms in total. The SMILES string of the molecule is Cc1ccc(S(=O)(=O)NC2CCC3Oc4c(OCC(=O)O)cccc4C23)cc1. The summed E-state index contributed by atoms with van der Waals surface area (Å²) in [5.74, 6) is -0.324. The van der Waals surface area contributed by atoms with Crippen molar-refractivity contribution < 1.29 is 27.8 Å². The summed E-state index contributed by atoms with van der Waals surface area (Å²) >= 11 is 0. The molecule has 0 spiro atoms. The van der Waals surface area contributed by atoms with Gasteiger partial charge in [-0.2, -0.15) is 0 Å². The average molecular weight is 403 g/mol. The molecule has 1 saturated carbocycles. The van der Waals surface area contributed by atoms with Crippen LogP contribution in [0.2, 0.25) is 0 Å². The molecule has 0 amide bonds. The molecule has 1 fully saturated rings. The maximum atomic E-state index is 12.8. The summed E-state index contributed by atoms with van der Waals surface area (Å²) in [6.07, 6.45) is 1.22. The maximum Gasteiger partial charge on any atom is 0.341 e. The lowest BCUT2D eigenvalue weighted by Gasteiger charge is -2.19. The van der Waals surface area contributed by atoms with Gasteiger partial charge in [0.05, 0.1) is 4.90 Å². The van der Waals surface area contributed by atoms with Gasteiger partial charge in [-0.3, -0.25) is 0 Å². The number of hydrogen-bond acceptors (Lipinski definition) is 5. The molecule has 0 saturated heterocycles. The third kappa shape index (κ3) is 3.45. The van der Waals surface area contributed by atoms with Crippen LogP contribution in [0.1, 0.15) is 29.9 Å². The van der Waals surface area contributed by atoms with E-state index in [1.807, 2.05) is 13.0 Å². The van der Waals surface area contributed by atoms with Crippen LogP contribution in [-0.4, -0.2) is 38.2 Å². The average Bonchev–Trinajstić information content (AvgIpc) is 3.20. The second-order valence-corrected chi connectivity index (χ2v) is 8.87. The monoisotopic (exact) mass is 403 g/mol. The zero-order valence-corrected chi connectivity index (χ0v) is 16.1. The van der Waals surface area contributed by atoms with Gasteiger partial charge in [0, 0.05) is 17.5 Å². The Hall–Kier alpha value is -2.58. The van der Waals surface area contributed by atoms with Crippen LogP contribution in [0.25, 0.3) is 0 Å². The van der Waals surface area contributed by atoms with Gasteiger partial charge in [-0.15, -0.1) is 0 Å². The highest BCUT2D eigenvalue weighted by Gasteiger charge is 2.47. The molecule has 4 rings (SSSR count). The van der Waals surface area contributed by atoms with Crippen molar-refractivity contribution in [3.63, 3.8) is 0 Å². The van der Waals surface area contributed by atoms with Gasteiger partial charge < -0.3 is 14.6 Å². The van der Waals surface area contributed by atoms with E-state index >= 15 is 0 Å². The van der Waals surface area contributed by atoms with Crippen LogP contribution in [0.15, 0.2) is 47.4 Å². The summed E-state index contributed by atoms with van der Waals surface area (Å²) in [4.78, 5) is 11.0. The summed E-state index contributed by atoms with van der Waals surface area (Å²) in [6, 6.07) is 11.7. The van der Waals surface area contributed by atoms with E-state index in [9.17, 15) is 13.2 Å². The first-order valence-electron chi connectivity index (χ1n) is 9.08. The molecule has 0 bridgehead atoms. The van der Waals surface area contributed by atoms with E-state index in [1.54, 1.807) is 36.4 Å². The lowest BCUT2D eigenvalue weighted by molar-refractivity contribution is -0.139. The van der Waals surface area contributed by atoms with E-state index in [4.69, 9.17) is 14.6 Å². The van der Waals surface area contributed by atoms with Gasteiger partial charge in [-0.05, 0) is 38.0 Å². The Bertz CT molecular complexity index is 1000. The quantitative estimate of drug-likeness (QED) is 0.768. The number of rotatable bonds is 6. The van der Waals surface area contributed by atoms with Crippen LogP contribution in [-0.2, 0) is 14.8 Å². The van der Waals surface area contributed by atoms with Crippen molar-refractivity contribution in [1.29, 1.82) is 0 Å². The molecule has 2 aromatic rings. The molecule has 1 heterocycles. The van der Waals surface area contributed by atoms with Crippen molar-refractivity contribution >= 4 is 16.0 Å². The summed E-state index contributed by atoms with van der Waals surface area (Å²) in [7, 11) is -3.65. The highest BCUT2D eigenvalue weighted by Crippen LogP contribution is 2.51. The Balaban J connectivity index is 1.58. The highest BCUT2D eigenvalue weighted by molar-refractivity contribution is 7.89. The molecular formula is C20H21NO6S. The third-order valence-corrected chi connectivity index (χ3v) is 6.73. The molecule has 2 aromatic carbocycles. The fourth-order valence-electron chi connectivity index (χ4n) is 3.95. The maximum absolute atomic E-state index is 12.8. The number of ether oxygens (including phenoxy) is 2. The van der Waals surface area contributed by atoms with E-state index in [0.717, 1.165) is 11.1 Å². The lowest BCUT2D eigenvalue weighted by Crippen LogP contribution is -2.37. The van der Waals surface area contributed by atoms with Crippen LogP contribution in [0.3, 0.4) is 0 Å². The number of nitrogens with one attached hydrogen (secondary N) is 1. The number of para-hydroxylation sites is 1. The highest BCUT2D eigenvalue weighted by atomic mass is 32.2. The number of fused-ring (bicyclic) bond motifs is 3. The number of aliphatic carboxylic acids is 1. The smallest absolute Gasteiger partial charge is 0.341 e. The fourth-order valence-corrected chi connectivity index (χ4v) is 5.25. The summed E-state index contributed by atoms with van der Waals surface area (Å²) in [6.45, 7) is 1.45. The van der Waals surface area contributed by atoms with Crippen molar-refractivity contribution in [2.75, 3.05) is 6.61 Å². The molecular weight excluding hydrogens is 382 g/mol. The summed E-state index contributed by atoms with van der Waals surface area (Å²) in [5.41, 5.74) is 1.84. The minimum absolute atomic E-state index is 0.136. The first-order chi connectivity index (χ1) is 13.3. The first kappa shape index (κ1) is 18.8. The Morgan fingerprint density at radius 2 is 1.96 bits per heavy atom. The molecule has 2 N–H and O–H groups in total. The number of benzene rings is 2. The van der Waals surface area contributed by atoms with Crippen LogP contribution in [0.5, 0.6) is 11.5 Å². The van der Waals surface area contributed by atoms with Gasteiger partial charge in [0.1, 0.15) is 6.10 Å². The summed E-state index contributed by atoms with van der Waals surface area (Å²) in [5, 5.41) is 8.84. The molecule has 148 valence electrons. The Labute approximate surface area is 163 Å². The number of aryl methyl sites for hydroxylation is 1. The molecule has 3 unspecified atom stereocenters. The van der Waals surface area contributed by atoms with Gasteiger partial charge in [0.25, 0.3) is 0 Å². The van der Waals surface area contributed by atoms with Crippen molar-refractivity contribution in [2.24, 2.45) is 0 Å². The van der Waals surface area contributed by atoms with Crippen LogP contribution in [0.4, 0.5) is 0 Å². The van der Waals surface area contributed by atoms with E-state index in [-0.39, 0.29) is 23.0 Å². The Morgan fingerprint density at radius 1 is 1.21 bits per heavy atom. The third-order valence-electron chi connectivity index (χ3n) is 5.22. The lowest BCUT2D eigenvalue weighted by atomic mass is 9.94. The largest absolute Gasteiger partial charge is 0.486 e. The number of hydrogen-bond donors (Lipinski definition) is 2. The van der Waals surface area contributed by atoms with Crippen molar-refractivity contribution in [2.45, 2.75) is 42.7 Å². The van der Waals surface area contributed by atoms with Crippen molar-refractivity contribution in [3.05, 3.63) is 53.6 Å². The van der Waals surface area contributed by atoms with Crippen LogP contribution >= 0.6 is 0 Å². The van der Waals surface area contributed by atoms with Crippen molar-refractivity contribution in [1.82, 2.24) is 4.72 Å². The number of carboxylic acids is 1. The number of carbonyl (C=O) groups is 1. The van der Waals surface area contributed by atoms with Gasteiger partial charge in [0.2, 0.25) is 10.0 Å². The fraction of sp³-hybridized carbons (Fsp3) is 0.350. The minimum atomic E-state index is -3.65. The molecule has 3 atom stereocenters. The van der Waals surface area contributed by atoms with Gasteiger partial charge in [-0.1, -0.05) is 29.8 Å². The Kier molecular flexibility index (Phi) is 4.76. The first-order valence-corrected chi connectivity index (χ1v) is 10.6. The number of carboxylic acid groups (broad SMARTS) is 1. The second kappa shape index (κ2) is 7.10. The van der Waals surface area contributed by atoms with Crippen molar-refractivity contribution in [3.8, 4) is 11.5 Å². The van der Waals surface area contributed by atoms with E-state index in [1.165, 1.54) is 0 Å². The Morgan fingerprint density at radius 3 is 2.68 bits per heavy atom. The molecule has 1 aliphatic carbocycles. The molecule has 1 aliphatic heterocycles.